The van der Waals surface area contributed by atoms with Crippen LogP contribution in [-0.2, 0) is 16.1 Å². The van der Waals surface area contributed by atoms with Crippen LogP contribution in [0.2, 0.25) is 0 Å². The van der Waals surface area contributed by atoms with Gasteiger partial charge in [-0.15, -0.1) is 0 Å². The Morgan fingerprint density at radius 1 is 1.40 bits per heavy atom. The highest BCUT2D eigenvalue weighted by Gasteiger charge is 2.35. The Hall–Kier alpha value is -1.33. The molecule has 0 bridgehead atoms. The lowest BCUT2D eigenvalue weighted by Crippen LogP contribution is -2.52. The standard InChI is InChI=1S/C15H23N3O2/c1-12(19)18-9-10-20-15-5-8-17(7-4-14(15)18)11-13-3-2-6-16-13/h2-3,6,14-16H,4-5,7-11H2,1H3/t14-,15-/m0/s1. The van der Waals surface area contributed by atoms with Gasteiger partial charge in [0.25, 0.3) is 0 Å². The van der Waals surface area contributed by atoms with Crippen molar-refractivity contribution in [3.05, 3.63) is 24.0 Å². The third kappa shape index (κ3) is 2.88. The number of carbonyl (C=O) groups is 1. The van der Waals surface area contributed by atoms with E-state index in [1.807, 2.05) is 17.2 Å². The highest BCUT2D eigenvalue weighted by molar-refractivity contribution is 5.73. The Morgan fingerprint density at radius 2 is 2.25 bits per heavy atom. The molecule has 2 saturated heterocycles. The van der Waals surface area contributed by atoms with E-state index in [0.717, 1.165) is 39.0 Å². The van der Waals surface area contributed by atoms with E-state index in [2.05, 4.69) is 16.0 Å². The van der Waals surface area contributed by atoms with Crippen molar-refractivity contribution in [1.29, 1.82) is 0 Å². The zero-order chi connectivity index (χ0) is 13.9. The van der Waals surface area contributed by atoms with Crippen LogP contribution in [0.4, 0.5) is 0 Å². The number of aromatic amines is 1. The summed E-state index contributed by atoms with van der Waals surface area (Å²) in [6.07, 6.45) is 4.19. The average molecular weight is 277 g/mol. The Morgan fingerprint density at radius 3 is 3.00 bits per heavy atom. The maximum atomic E-state index is 11.8. The number of fused-ring (bicyclic) bond motifs is 1. The van der Waals surface area contributed by atoms with Gasteiger partial charge in [-0.2, -0.15) is 0 Å². The Kier molecular flexibility index (Phi) is 4.08. The molecule has 0 aromatic carbocycles. The largest absolute Gasteiger partial charge is 0.374 e. The van der Waals surface area contributed by atoms with Crippen molar-refractivity contribution in [2.75, 3.05) is 26.2 Å². The van der Waals surface area contributed by atoms with Gasteiger partial charge in [-0.25, -0.2) is 0 Å². The van der Waals surface area contributed by atoms with Gasteiger partial charge in [-0.1, -0.05) is 0 Å². The van der Waals surface area contributed by atoms with E-state index >= 15 is 0 Å². The van der Waals surface area contributed by atoms with Gasteiger partial charge >= 0.3 is 0 Å². The van der Waals surface area contributed by atoms with Crippen molar-refractivity contribution in [3.8, 4) is 0 Å². The molecule has 20 heavy (non-hydrogen) atoms. The lowest BCUT2D eigenvalue weighted by molar-refractivity contribution is -0.144. The fourth-order valence-electron chi connectivity index (χ4n) is 3.39. The number of hydrogen-bond acceptors (Lipinski definition) is 3. The topological polar surface area (TPSA) is 48.6 Å². The first-order valence-electron chi connectivity index (χ1n) is 7.47. The first-order chi connectivity index (χ1) is 9.74. The van der Waals surface area contributed by atoms with E-state index in [1.165, 1.54) is 5.69 Å². The summed E-state index contributed by atoms with van der Waals surface area (Å²) in [4.78, 5) is 19.5. The van der Waals surface area contributed by atoms with Crippen LogP contribution in [0.15, 0.2) is 18.3 Å². The number of hydrogen-bond donors (Lipinski definition) is 1. The molecular formula is C15H23N3O2. The molecule has 2 fully saturated rings. The number of rotatable bonds is 2. The molecule has 2 aliphatic heterocycles. The molecule has 1 N–H and O–H groups in total. The van der Waals surface area contributed by atoms with Crippen molar-refractivity contribution < 1.29 is 9.53 Å². The molecule has 5 nitrogen and oxygen atoms in total. The van der Waals surface area contributed by atoms with Crippen molar-refractivity contribution in [2.24, 2.45) is 0 Å². The van der Waals surface area contributed by atoms with E-state index in [-0.39, 0.29) is 18.1 Å². The molecule has 0 saturated carbocycles. The number of amides is 1. The van der Waals surface area contributed by atoms with E-state index in [0.29, 0.717) is 6.61 Å². The average Bonchev–Trinajstić information content (AvgIpc) is 2.86. The van der Waals surface area contributed by atoms with Gasteiger partial charge in [0.15, 0.2) is 0 Å². The van der Waals surface area contributed by atoms with E-state index in [4.69, 9.17) is 4.74 Å². The van der Waals surface area contributed by atoms with Gasteiger partial charge in [-0.05, 0) is 25.0 Å². The lowest BCUT2D eigenvalue weighted by Gasteiger charge is -2.39. The Balaban J connectivity index is 1.64. The second-order valence-corrected chi connectivity index (χ2v) is 5.74. The smallest absolute Gasteiger partial charge is 0.219 e. The fraction of sp³-hybridized carbons (Fsp3) is 0.667. The van der Waals surface area contributed by atoms with Crippen LogP contribution in [0.1, 0.15) is 25.5 Å². The van der Waals surface area contributed by atoms with E-state index in [9.17, 15) is 4.79 Å². The summed E-state index contributed by atoms with van der Waals surface area (Å²) in [6, 6.07) is 4.42. The van der Waals surface area contributed by atoms with Crippen LogP contribution < -0.4 is 0 Å². The molecule has 5 heteroatoms. The highest BCUT2D eigenvalue weighted by Crippen LogP contribution is 2.24. The molecule has 1 aromatic heterocycles. The maximum absolute atomic E-state index is 11.8. The van der Waals surface area contributed by atoms with Gasteiger partial charge in [0, 0.05) is 45.0 Å². The molecule has 0 radical (unpaired) electrons. The number of ether oxygens (including phenoxy) is 1. The number of morpholine rings is 1. The van der Waals surface area contributed by atoms with Crippen molar-refractivity contribution in [2.45, 2.75) is 38.5 Å². The molecule has 1 amide bonds. The predicted molar refractivity (Wildman–Crippen MR) is 76.2 cm³/mol. The number of nitrogens with zero attached hydrogens (tertiary/aromatic N) is 2. The van der Waals surface area contributed by atoms with Crippen LogP contribution >= 0.6 is 0 Å². The van der Waals surface area contributed by atoms with Crippen LogP contribution in [0.5, 0.6) is 0 Å². The maximum Gasteiger partial charge on any atom is 0.219 e. The second kappa shape index (κ2) is 5.97. The summed E-state index contributed by atoms with van der Waals surface area (Å²) < 4.78 is 5.90. The van der Waals surface area contributed by atoms with Crippen molar-refractivity contribution >= 4 is 5.91 Å². The monoisotopic (exact) mass is 277 g/mol. The molecule has 2 atom stereocenters. The molecule has 0 unspecified atom stereocenters. The number of carbonyl (C=O) groups excluding carboxylic acids is 1. The lowest BCUT2D eigenvalue weighted by atomic mass is 10.0. The molecule has 3 rings (SSSR count). The van der Waals surface area contributed by atoms with Gasteiger partial charge in [-0.3, -0.25) is 9.69 Å². The third-order valence-electron chi connectivity index (χ3n) is 4.43. The summed E-state index contributed by atoms with van der Waals surface area (Å²) in [5.41, 5.74) is 1.25. The number of nitrogens with one attached hydrogen (secondary N) is 1. The third-order valence-corrected chi connectivity index (χ3v) is 4.43. The van der Waals surface area contributed by atoms with Crippen LogP contribution in [0.25, 0.3) is 0 Å². The molecule has 0 aliphatic carbocycles. The quantitative estimate of drug-likeness (QED) is 0.884. The summed E-state index contributed by atoms with van der Waals surface area (Å²) >= 11 is 0. The number of aromatic nitrogens is 1. The van der Waals surface area contributed by atoms with Gasteiger partial charge in [0.05, 0.1) is 18.8 Å². The molecule has 3 heterocycles. The minimum absolute atomic E-state index is 0.182. The van der Waals surface area contributed by atoms with Crippen LogP contribution in [0.3, 0.4) is 0 Å². The molecule has 1 aromatic rings. The van der Waals surface area contributed by atoms with Gasteiger partial charge in [0.1, 0.15) is 0 Å². The molecule has 2 aliphatic rings. The summed E-state index contributed by atoms with van der Waals surface area (Å²) in [5.74, 6) is 0.182. The molecular weight excluding hydrogens is 254 g/mol. The van der Waals surface area contributed by atoms with E-state index < -0.39 is 0 Å². The number of likely N-dealkylation sites (tertiary alicyclic amines) is 1. The van der Waals surface area contributed by atoms with Crippen molar-refractivity contribution in [3.63, 3.8) is 0 Å². The van der Waals surface area contributed by atoms with Gasteiger partial charge < -0.3 is 14.6 Å². The van der Waals surface area contributed by atoms with Crippen LogP contribution in [0, 0.1) is 0 Å². The molecule has 110 valence electrons. The second-order valence-electron chi connectivity index (χ2n) is 5.74. The summed E-state index contributed by atoms with van der Waals surface area (Å²) in [7, 11) is 0. The Bertz CT molecular complexity index is 446. The first-order valence-corrected chi connectivity index (χ1v) is 7.47. The molecule has 0 spiro atoms. The highest BCUT2D eigenvalue weighted by atomic mass is 16.5. The zero-order valence-electron chi connectivity index (χ0n) is 12.0. The fourth-order valence-corrected chi connectivity index (χ4v) is 3.39. The minimum Gasteiger partial charge on any atom is -0.374 e. The Labute approximate surface area is 119 Å². The SMILES string of the molecule is CC(=O)N1CCO[C@H]2CCN(Cc3ccc[nH]3)CC[C@@H]21. The van der Waals surface area contributed by atoms with E-state index in [1.54, 1.807) is 6.92 Å². The number of H-pyrrole nitrogens is 1. The predicted octanol–water partition coefficient (Wildman–Crippen LogP) is 1.23. The summed E-state index contributed by atoms with van der Waals surface area (Å²) in [5, 5.41) is 0. The van der Waals surface area contributed by atoms with Crippen molar-refractivity contribution in [1.82, 2.24) is 14.8 Å². The zero-order valence-corrected chi connectivity index (χ0v) is 12.0. The normalized spacial score (nSPS) is 27.9. The minimum atomic E-state index is 0.182. The van der Waals surface area contributed by atoms with Crippen LogP contribution in [-0.4, -0.2) is 59.1 Å². The summed E-state index contributed by atoms with van der Waals surface area (Å²) in [6.45, 7) is 6.10. The first kappa shape index (κ1) is 13.6. The van der Waals surface area contributed by atoms with Gasteiger partial charge in [0.2, 0.25) is 5.91 Å².